The molecule has 2 aromatic carbocycles. The average Bonchev–Trinajstić information content (AvgIpc) is 2.67. The zero-order chi connectivity index (χ0) is 20.3. The van der Waals surface area contributed by atoms with E-state index in [0.29, 0.717) is 16.1 Å². The quantitative estimate of drug-likeness (QED) is 0.438. The fraction of sp³-hybridized carbons (Fsp3) is 0.286. The second kappa shape index (κ2) is 8.92. The van der Waals surface area contributed by atoms with Gasteiger partial charge < -0.3 is 5.32 Å². The maximum atomic E-state index is 13.3. The first-order valence-corrected chi connectivity index (χ1v) is 10.8. The Balaban J connectivity index is 2.08. The average molecular weight is 460 g/mol. The van der Waals surface area contributed by atoms with E-state index in [0.717, 1.165) is 10.0 Å². The fourth-order valence-electron chi connectivity index (χ4n) is 2.97. The third kappa shape index (κ3) is 4.64. The molecule has 1 unspecified atom stereocenters. The predicted molar refractivity (Wildman–Crippen MR) is 118 cm³/mol. The number of nitrogens with one attached hydrogen (secondary N) is 1. The summed E-state index contributed by atoms with van der Waals surface area (Å²) >= 11 is 4.71. The van der Waals surface area contributed by atoms with Gasteiger partial charge in [-0.1, -0.05) is 58.0 Å². The zero-order valence-electron chi connectivity index (χ0n) is 16.0. The lowest BCUT2D eigenvalue weighted by molar-refractivity contribution is -0.119. The normalized spacial score (nSPS) is 12.3. The van der Waals surface area contributed by atoms with Crippen LogP contribution in [0.2, 0.25) is 0 Å². The van der Waals surface area contributed by atoms with Crippen LogP contribution in [0.1, 0.15) is 32.4 Å². The number of hydrogen-bond acceptors (Lipinski definition) is 4. The first kappa shape index (κ1) is 20.6. The van der Waals surface area contributed by atoms with Crippen LogP contribution in [0.5, 0.6) is 0 Å². The molecule has 0 aliphatic carbocycles. The van der Waals surface area contributed by atoms with Crippen molar-refractivity contribution in [2.24, 2.45) is 0 Å². The van der Waals surface area contributed by atoms with Crippen LogP contribution in [0.3, 0.4) is 0 Å². The number of halogens is 1. The minimum Gasteiger partial charge on any atom is -0.353 e. The molecule has 1 atom stereocenters. The minimum atomic E-state index is -0.208. The number of carbonyl (C=O) groups excluding carboxylic acids is 1. The maximum absolute atomic E-state index is 13.3. The minimum absolute atomic E-state index is 0.0699. The number of carbonyl (C=O) groups is 1. The second-order valence-electron chi connectivity index (χ2n) is 6.83. The van der Waals surface area contributed by atoms with Crippen molar-refractivity contribution in [2.75, 3.05) is 5.75 Å². The van der Waals surface area contributed by atoms with Crippen LogP contribution in [0.4, 0.5) is 0 Å². The second-order valence-corrected chi connectivity index (χ2v) is 8.69. The fourth-order valence-corrected chi connectivity index (χ4v) is 4.22. The highest BCUT2D eigenvalue weighted by Crippen LogP contribution is 2.26. The first-order chi connectivity index (χ1) is 13.4. The van der Waals surface area contributed by atoms with Crippen molar-refractivity contribution in [3.63, 3.8) is 0 Å². The Kier molecular flexibility index (Phi) is 6.57. The van der Waals surface area contributed by atoms with E-state index in [9.17, 15) is 9.59 Å². The molecule has 1 aromatic heterocycles. The lowest BCUT2D eigenvalue weighted by Crippen LogP contribution is -2.32. The van der Waals surface area contributed by atoms with E-state index in [1.807, 2.05) is 63.2 Å². The molecule has 0 aliphatic rings. The smallest absolute Gasteiger partial charge is 0.262 e. The monoisotopic (exact) mass is 459 g/mol. The molecule has 0 spiro atoms. The van der Waals surface area contributed by atoms with Gasteiger partial charge in [0.05, 0.1) is 22.7 Å². The van der Waals surface area contributed by atoms with Crippen molar-refractivity contribution < 1.29 is 4.79 Å². The standard InChI is InChI=1S/C21H22BrN3O2S/c1-13(2)23-19(26)12-28-21-24-18-10-9-16(22)11-17(18)20(27)25(21)14(3)15-7-5-4-6-8-15/h4-11,13-14H,12H2,1-3H3,(H,23,26). The number of thioether (sulfide) groups is 1. The predicted octanol–water partition coefficient (Wildman–Crippen LogP) is 4.39. The molecule has 146 valence electrons. The molecule has 0 radical (unpaired) electrons. The molecule has 3 aromatic rings. The summed E-state index contributed by atoms with van der Waals surface area (Å²) in [5.41, 5.74) is 1.51. The molecule has 5 nitrogen and oxygen atoms in total. The molecule has 7 heteroatoms. The SMILES string of the molecule is CC(C)NC(=O)CSc1nc2ccc(Br)cc2c(=O)n1C(C)c1ccccc1. The van der Waals surface area contributed by atoms with Crippen LogP contribution >= 0.6 is 27.7 Å². The zero-order valence-corrected chi connectivity index (χ0v) is 18.4. The van der Waals surface area contributed by atoms with E-state index in [2.05, 4.69) is 21.2 Å². The van der Waals surface area contributed by atoms with Gasteiger partial charge in [0.2, 0.25) is 5.91 Å². The topological polar surface area (TPSA) is 64.0 Å². The Morgan fingerprint density at radius 1 is 1.18 bits per heavy atom. The summed E-state index contributed by atoms with van der Waals surface area (Å²) in [6.07, 6.45) is 0. The Bertz CT molecular complexity index is 1050. The molecule has 1 N–H and O–H groups in total. The molecule has 0 saturated heterocycles. The molecule has 0 saturated carbocycles. The molecule has 0 fully saturated rings. The molecular weight excluding hydrogens is 438 g/mol. The molecular formula is C21H22BrN3O2S. The van der Waals surface area contributed by atoms with Gasteiger partial charge in [0.25, 0.3) is 5.56 Å². The summed E-state index contributed by atoms with van der Waals surface area (Å²) in [7, 11) is 0. The van der Waals surface area contributed by atoms with Gasteiger partial charge in [0.1, 0.15) is 0 Å². The largest absolute Gasteiger partial charge is 0.353 e. The van der Waals surface area contributed by atoms with Crippen LogP contribution < -0.4 is 10.9 Å². The molecule has 1 amide bonds. The van der Waals surface area contributed by atoms with E-state index in [-0.39, 0.29) is 29.3 Å². The Morgan fingerprint density at radius 2 is 1.89 bits per heavy atom. The number of amides is 1. The number of rotatable bonds is 6. The van der Waals surface area contributed by atoms with Gasteiger partial charge in [-0.25, -0.2) is 4.98 Å². The molecule has 0 aliphatic heterocycles. The third-order valence-corrected chi connectivity index (χ3v) is 5.73. The highest BCUT2D eigenvalue weighted by Gasteiger charge is 2.19. The first-order valence-electron chi connectivity index (χ1n) is 9.05. The number of benzene rings is 2. The van der Waals surface area contributed by atoms with Crippen LogP contribution in [0.25, 0.3) is 10.9 Å². The van der Waals surface area contributed by atoms with Gasteiger partial charge in [-0.05, 0) is 44.5 Å². The Hall–Kier alpha value is -2.12. The number of nitrogens with zero attached hydrogens (tertiary/aromatic N) is 2. The van der Waals surface area contributed by atoms with E-state index >= 15 is 0 Å². The molecule has 28 heavy (non-hydrogen) atoms. The van der Waals surface area contributed by atoms with Gasteiger partial charge in [-0.3, -0.25) is 14.2 Å². The van der Waals surface area contributed by atoms with E-state index in [4.69, 9.17) is 4.98 Å². The Labute approximate surface area is 176 Å². The van der Waals surface area contributed by atoms with Crippen molar-refractivity contribution in [3.8, 4) is 0 Å². The molecule has 1 heterocycles. The lowest BCUT2D eigenvalue weighted by atomic mass is 10.1. The van der Waals surface area contributed by atoms with Crippen LogP contribution in [-0.2, 0) is 4.79 Å². The van der Waals surface area contributed by atoms with Crippen molar-refractivity contribution in [3.05, 3.63) is 68.9 Å². The van der Waals surface area contributed by atoms with Crippen molar-refractivity contribution in [2.45, 2.75) is 38.0 Å². The van der Waals surface area contributed by atoms with Gasteiger partial charge in [0.15, 0.2) is 5.16 Å². The van der Waals surface area contributed by atoms with E-state index in [1.54, 1.807) is 10.6 Å². The highest BCUT2D eigenvalue weighted by molar-refractivity contribution is 9.10. The van der Waals surface area contributed by atoms with Crippen molar-refractivity contribution >= 4 is 44.5 Å². The maximum Gasteiger partial charge on any atom is 0.262 e. The highest BCUT2D eigenvalue weighted by atomic mass is 79.9. The van der Waals surface area contributed by atoms with Crippen LogP contribution in [-0.4, -0.2) is 27.3 Å². The molecule has 3 rings (SSSR count). The van der Waals surface area contributed by atoms with Gasteiger partial charge in [-0.2, -0.15) is 0 Å². The van der Waals surface area contributed by atoms with Gasteiger partial charge in [0, 0.05) is 10.5 Å². The van der Waals surface area contributed by atoms with E-state index in [1.165, 1.54) is 11.8 Å². The number of aromatic nitrogens is 2. The summed E-state index contributed by atoms with van der Waals surface area (Å²) in [4.78, 5) is 30.1. The summed E-state index contributed by atoms with van der Waals surface area (Å²) in [6.45, 7) is 5.81. The van der Waals surface area contributed by atoms with Crippen LogP contribution in [0.15, 0.2) is 63.0 Å². The third-order valence-electron chi connectivity index (χ3n) is 4.28. The summed E-state index contributed by atoms with van der Waals surface area (Å²) in [5.74, 6) is 0.123. The van der Waals surface area contributed by atoms with Gasteiger partial charge in [-0.15, -0.1) is 0 Å². The number of fused-ring (bicyclic) bond motifs is 1. The molecule has 0 bridgehead atoms. The summed E-state index contributed by atoms with van der Waals surface area (Å²) in [5, 5.41) is 3.96. The lowest BCUT2D eigenvalue weighted by Gasteiger charge is -2.20. The van der Waals surface area contributed by atoms with Crippen molar-refractivity contribution in [1.82, 2.24) is 14.9 Å². The summed E-state index contributed by atoms with van der Waals surface area (Å²) < 4.78 is 2.51. The number of hydrogen-bond donors (Lipinski definition) is 1. The van der Waals surface area contributed by atoms with Crippen LogP contribution in [0, 0.1) is 0 Å². The van der Waals surface area contributed by atoms with E-state index < -0.39 is 0 Å². The van der Waals surface area contributed by atoms with Gasteiger partial charge >= 0.3 is 0 Å². The van der Waals surface area contributed by atoms with Crippen molar-refractivity contribution in [1.29, 1.82) is 0 Å². The Morgan fingerprint density at radius 3 is 2.57 bits per heavy atom. The summed E-state index contributed by atoms with van der Waals surface area (Å²) in [6, 6.07) is 15.1.